The third-order valence-corrected chi connectivity index (χ3v) is 4.94. The van der Waals surface area contributed by atoms with Crippen LogP contribution in [0, 0.1) is 0 Å². The number of hydrogen-bond donors (Lipinski definition) is 0. The first-order chi connectivity index (χ1) is 10.2. The number of hydrogen-bond acceptors (Lipinski definition) is 6. The van der Waals surface area contributed by atoms with Gasteiger partial charge in [-0.2, -0.15) is 9.29 Å². The molecule has 2 heterocycles. The molecule has 1 saturated heterocycles. The van der Waals surface area contributed by atoms with E-state index in [1.54, 1.807) is 7.05 Å². The van der Waals surface area contributed by atoms with Gasteiger partial charge in [-0.1, -0.05) is 19.0 Å². The lowest BCUT2D eigenvalue weighted by Gasteiger charge is -2.25. The molecule has 0 bridgehead atoms. The fourth-order valence-electron chi connectivity index (χ4n) is 2.49. The zero-order valence-corrected chi connectivity index (χ0v) is 14.1. The quantitative estimate of drug-likeness (QED) is 0.783. The zero-order chi connectivity index (χ0) is 16.5. The molecular formula is C13H22N4O4S. The fraction of sp³-hybridized carbons (Fsp3) is 0.769. The largest absolute Gasteiger partial charge is 0.339 e. The highest BCUT2D eigenvalue weighted by molar-refractivity contribution is 7.88. The van der Waals surface area contributed by atoms with Crippen LogP contribution in [0.2, 0.25) is 0 Å². The van der Waals surface area contributed by atoms with Crippen molar-refractivity contribution < 1.29 is 17.7 Å². The molecule has 124 valence electrons. The molecule has 0 radical (unpaired) electrons. The van der Waals surface area contributed by atoms with Crippen molar-refractivity contribution in [2.45, 2.75) is 45.2 Å². The summed E-state index contributed by atoms with van der Waals surface area (Å²) in [6.45, 7) is 4.47. The van der Waals surface area contributed by atoms with Gasteiger partial charge in [0.1, 0.15) is 6.04 Å². The average Bonchev–Trinajstić information content (AvgIpc) is 3.05. The van der Waals surface area contributed by atoms with Gasteiger partial charge in [-0.05, 0) is 12.8 Å². The summed E-state index contributed by atoms with van der Waals surface area (Å²) < 4.78 is 29.8. The van der Waals surface area contributed by atoms with Gasteiger partial charge in [-0.15, -0.1) is 0 Å². The standard InChI is InChI=1S/C13H22N4O4S/c1-9(2)12-14-11(15-21-12)8-16(3)13(18)10-6-5-7-17(10)22(4,19)20/h9-10H,5-8H2,1-4H3/t10-/m0/s1. The van der Waals surface area contributed by atoms with Crippen LogP contribution in [0.15, 0.2) is 4.52 Å². The van der Waals surface area contributed by atoms with Crippen LogP contribution in [0.5, 0.6) is 0 Å². The SMILES string of the molecule is CC(C)c1nc(CN(C)C(=O)[C@@H]2CCCN2S(C)(=O)=O)no1. The Morgan fingerprint density at radius 3 is 2.73 bits per heavy atom. The second-order valence-corrected chi connectivity index (χ2v) is 7.86. The summed E-state index contributed by atoms with van der Waals surface area (Å²) in [5.74, 6) is 0.828. The molecular weight excluding hydrogens is 308 g/mol. The number of carbonyl (C=O) groups is 1. The second-order valence-electron chi connectivity index (χ2n) is 5.93. The monoisotopic (exact) mass is 330 g/mol. The maximum Gasteiger partial charge on any atom is 0.241 e. The topological polar surface area (TPSA) is 96.6 Å². The molecule has 9 heteroatoms. The first kappa shape index (κ1) is 16.9. The molecule has 0 aliphatic carbocycles. The van der Waals surface area contributed by atoms with Crippen molar-refractivity contribution in [1.82, 2.24) is 19.3 Å². The Balaban J connectivity index is 2.05. The van der Waals surface area contributed by atoms with Crippen molar-refractivity contribution in [3.63, 3.8) is 0 Å². The number of sulfonamides is 1. The van der Waals surface area contributed by atoms with Gasteiger partial charge in [-0.3, -0.25) is 4.79 Å². The molecule has 1 fully saturated rings. The molecule has 0 saturated carbocycles. The van der Waals surface area contributed by atoms with Crippen LogP contribution in [0.4, 0.5) is 0 Å². The lowest BCUT2D eigenvalue weighted by atomic mass is 10.2. The summed E-state index contributed by atoms with van der Waals surface area (Å²) in [6, 6.07) is -0.628. The van der Waals surface area contributed by atoms with Crippen LogP contribution in [0.25, 0.3) is 0 Å². The van der Waals surface area contributed by atoms with Crippen molar-refractivity contribution in [2.24, 2.45) is 0 Å². The molecule has 0 spiro atoms. The lowest BCUT2D eigenvalue weighted by molar-refractivity contribution is -0.133. The Bertz CT molecular complexity index is 640. The van der Waals surface area contributed by atoms with Crippen LogP contribution >= 0.6 is 0 Å². The van der Waals surface area contributed by atoms with Crippen molar-refractivity contribution in [1.29, 1.82) is 0 Å². The van der Waals surface area contributed by atoms with Crippen LogP contribution in [-0.4, -0.2) is 59.6 Å². The molecule has 1 aromatic rings. The molecule has 1 aliphatic rings. The lowest BCUT2D eigenvalue weighted by Crippen LogP contribution is -2.46. The molecule has 0 N–H and O–H groups in total. The second kappa shape index (κ2) is 6.33. The summed E-state index contributed by atoms with van der Waals surface area (Å²) in [6.07, 6.45) is 2.36. The number of amides is 1. The van der Waals surface area contributed by atoms with Crippen molar-refractivity contribution in [2.75, 3.05) is 19.8 Å². The molecule has 1 amide bonds. The van der Waals surface area contributed by atoms with Gasteiger partial charge >= 0.3 is 0 Å². The van der Waals surface area contributed by atoms with Crippen LogP contribution in [-0.2, 0) is 21.4 Å². The minimum absolute atomic E-state index is 0.123. The Labute approximate surface area is 130 Å². The Morgan fingerprint density at radius 1 is 1.50 bits per heavy atom. The van der Waals surface area contributed by atoms with Crippen molar-refractivity contribution in [3.8, 4) is 0 Å². The van der Waals surface area contributed by atoms with Crippen molar-refractivity contribution in [3.05, 3.63) is 11.7 Å². The molecule has 22 heavy (non-hydrogen) atoms. The summed E-state index contributed by atoms with van der Waals surface area (Å²) in [5.41, 5.74) is 0. The maximum absolute atomic E-state index is 12.5. The fourth-order valence-corrected chi connectivity index (χ4v) is 3.61. The Hall–Kier alpha value is -1.48. The van der Waals surface area contributed by atoms with Crippen LogP contribution < -0.4 is 0 Å². The molecule has 0 unspecified atom stereocenters. The van der Waals surface area contributed by atoms with E-state index in [0.29, 0.717) is 31.1 Å². The predicted molar refractivity (Wildman–Crippen MR) is 79.4 cm³/mol. The summed E-state index contributed by atoms with van der Waals surface area (Å²) in [5, 5.41) is 3.84. The van der Waals surface area contributed by atoms with Gasteiger partial charge in [0.2, 0.25) is 21.8 Å². The first-order valence-electron chi connectivity index (χ1n) is 7.24. The van der Waals surface area contributed by atoms with E-state index >= 15 is 0 Å². The van der Waals surface area contributed by atoms with E-state index in [2.05, 4.69) is 10.1 Å². The predicted octanol–water partition coefficient (Wildman–Crippen LogP) is 0.575. The van der Waals surface area contributed by atoms with E-state index in [-0.39, 0.29) is 18.4 Å². The molecule has 0 aromatic carbocycles. The van der Waals surface area contributed by atoms with E-state index in [1.807, 2.05) is 13.8 Å². The third-order valence-electron chi connectivity index (χ3n) is 3.65. The van der Waals surface area contributed by atoms with Crippen LogP contribution in [0.1, 0.15) is 44.3 Å². The highest BCUT2D eigenvalue weighted by Crippen LogP contribution is 2.22. The zero-order valence-electron chi connectivity index (χ0n) is 13.3. The summed E-state index contributed by atoms with van der Waals surface area (Å²) >= 11 is 0. The number of carbonyl (C=O) groups excluding carboxylic acids is 1. The highest BCUT2D eigenvalue weighted by Gasteiger charge is 2.38. The Kier molecular flexibility index (Phi) is 4.86. The van der Waals surface area contributed by atoms with Gasteiger partial charge in [0.15, 0.2) is 5.82 Å². The molecule has 1 atom stereocenters. The van der Waals surface area contributed by atoms with Gasteiger partial charge in [0, 0.05) is 19.5 Å². The molecule has 1 aliphatic heterocycles. The van der Waals surface area contributed by atoms with E-state index in [1.165, 1.54) is 9.21 Å². The normalized spacial score (nSPS) is 19.8. The minimum atomic E-state index is -3.37. The summed E-state index contributed by atoms with van der Waals surface area (Å²) in [4.78, 5) is 18.2. The maximum atomic E-state index is 12.5. The first-order valence-corrected chi connectivity index (χ1v) is 9.09. The van der Waals surface area contributed by atoms with Crippen LogP contribution in [0.3, 0.4) is 0 Å². The van der Waals surface area contributed by atoms with Gasteiger partial charge in [0.05, 0.1) is 12.8 Å². The van der Waals surface area contributed by atoms with E-state index < -0.39 is 16.1 Å². The minimum Gasteiger partial charge on any atom is -0.339 e. The van der Waals surface area contributed by atoms with E-state index in [9.17, 15) is 13.2 Å². The number of rotatable bonds is 5. The summed E-state index contributed by atoms with van der Waals surface area (Å²) in [7, 11) is -1.76. The smallest absolute Gasteiger partial charge is 0.241 e. The number of aromatic nitrogens is 2. The van der Waals surface area contributed by atoms with E-state index in [4.69, 9.17) is 4.52 Å². The molecule has 2 rings (SSSR count). The molecule has 1 aromatic heterocycles. The average molecular weight is 330 g/mol. The number of likely N-dealkylation sites (N-methyl/N-ethyl adjacent to an activating group) is 1. The van der Waals surface area contributed by atoms with Gasteiger partial charge in [0.25, 0.3) is 0 Å². The van der Waals surface area contributed by atoms with Crippen molar-refractivity contribution >= 4 is 15.9 Å². The van der Waals surface area contributed by atoms with Gasteiger partial charge < -0.3 is 9.42 Å². The van der Waals surface area contributed by atoms with Gasteiger partial charge in [-0.25, -0.2) is 8.42 Å². The van der Waals surface area contributed by atoms with E-state index in [0.717, 1.165) is 6.26 Å². The Morgan fingerprint density at radius 2 is 2.18 bits per heavy atom. The number of nitrogens with zero attached hydrogens (tertiary/aromatic N) is 4. The molecule has 8 nitrogen and oxygen atoms in total. The third kappa shape index (κ3) is 3.64. The highest BCUT2D eigenvalue weighted by atomic mass is 32.2.